The van der Waals surface area contributed by atoms with Gasteiger partial charge in [-0.2, -0.15) is 0 Å². The molecule has 23 heavy (non-hydrogen) atoms. The van der Waals surface area contributed by atoms with Gasteiger partial charge in [0, 0.05) is 0 Å². The van der Waals surface area contributed by atoms with E-state index in [0.717, 1.165) is 17.9 Å². The molecular formula is C19H34BrNO2. The average Bonchev–Trinajstić information content (AvgIpc) is 2.54. The van der Waals surface area contributed by atoms with E-state index >= 15 is 0 Å². The standard InChI is InChI=1S/C19H33NO2.BrH/c1-5-13-20(14-6-2)15-9-7-8-10-17-11-12-18(21-3)19(16-17)22-4;/h11-12,16H,5-10,13-15H2,1-4H3;1H. The molecule has 0 aromatic heterocycles. The van der Waals surface area contributed by atoms with Gasteiger partial charge < -0.3 is 14.4 Å². The molecule has 1 rings (SSSR count). The predicted octanol–water partition coefficient (Wildman–Crippen LogP) is 5.12. The highest BCUT2D eigenvalue weighted by molar-refractivity contribution is 8.93. The molecular weight excluding hydrogens is 354 g/mol. The van der Waals surface area contributed by atoms with Gasteiger partial charge >= 0.3 is 0 Å². The van der Waals surface area contributed by atoms with E-state index in [2.05, 4.69) is 30.9 Å². The van der Waals surface area contributed by atoms with Gasteiger partial charge in [0.1, 0.15) is 0 Å². The van der Waals surface area contributed by atoms with E-state index in [1.54, 1.807) is 14.2 Å². The third-order valence-corrected chi connectivity index (χ3v) is 3.97. The highest BCUT2D eigenvalue weighted by Gasteiger charge is 2.05. The van der Waals surface area contributed by atoms with Crippen LogP contribution >= 0.6 is 17.0 Å². The van der Waals surface area contributed by atoms with Crippen LogP contribution in [0.1, 0.15) is 51.5 Å². The van der Waals surface area contributed by atoms with E-state index in [9.17, 15) is 0 Å². The molecule has 3 nitrogen and oxygen atoms in total. The van der Waals surface area contributed by atoms with Gasteiger partial charge in [0.2, 0.25) is 0 Å². The Bertz CT molecular complexity index is 406. The molecule has 0 saturated heterocycles. The molecule has 0 heterocycles. The lowest BCUT2D eigenvalue weighted by atomic mass is 10.1. The first-order chi connectivity index (χ1) is 10.7. The number of aryl methyl sites for hydroxylation is 1. The molecule has 0 saturated carbocycles. The summed E-state index contributed by atoms with van der Waals surface area (Å²) in [5.41, 5.74) is 1.33. The number of halogens is 1. The third-order valence-electron chi connectivity index (χ3n) is 3.97. The number of ether oxygens (including phenoxy) is 2. The molecule has 4 heteroatoms. The maximum absolute atomic E-state index is 5.36. The predicted molar refractivity (Wildman–Crippen MR) is 104 cm³/mol. The van der Waals surface area contributed by atoms with Crippen molar-refractivity contribution in [2.45, 2.75) is 52.4 Å². The maximum Gasteiger partial charge on any atom is 0.160 e. The molecule has 1 aromatic rings. The van der Waals surface area contributed by atoms with E-state index < -0.39 is 0 Å². The van der Waals surface area contributed by atoms with Crippen LogP contribution in [0.15, 0.2) is 18.2 Å². The Morgan fingerprint density at radius 1 is 0.826 bits per heavy atom. The Morgan fingerprint density at radius 3 is 2.04 bits per heavy atom. The van der Waals surface area contributed by atoms with Gasteiger partial charge in [0.15, 0.2) is 11.5 Å². The summed E-state index contributed by atoms with van der Waals surface area (Å²) in [7, 11) is 3.37. The fourth-order valence-corrected chi connectivity index (χ4v) is 2.85. The van der Waals surface area contributed by atoms with Crippen molar-refractivity contribution in [2.24, 2.45) is 0 Å². The van der Waals surface area contributed by atoms with E-state index in [1.165, 1.54) is 57.3 Å². The summed E-state index contributed by atoms with van der Waals surface area (Å²) in [6.45, 7) is 8.25. The largest absolute Gasteiger partial charge is 0.493 e. The SMILES string of the molecule is Br.CCCN(CCC)CCCCCc1ccc(OC)c(OC)c1. The van der Waals surface area contributed by atoms with Crippen molar-refractivity contribution >= 4 is 17.0 Å². The second-order valence-electron chi connectivity index (χ2n) is 5.84. The molecule has 1 aromatic carbocycles. The van der Waals surface area contributed by atoms with E-state index in [-0.39, 0.29) is 17.0 Å². The van der Waals surface area contributed by atoms with E-state index in [0.29, 0.717) is 0 Å². The van der Waals surface area contributed by atoms with Crippen molar-refractivity contribution in [1.29, 1.82) is 0 Å². The fourth-order valence-electron chi connectivity index (χ4n) is 2.85. The van der Waals surface area contributed by atoms with Crippen molar-refractivity contribution in [3.05, 3.63) is 23.8 Å². The van der Waals surface area contributed by atoms with Gasteiger partial charge in [-0.15, -0.1) is 17.0 Å². The van der Waals surface area contributed by atoms with Gasteiger partial charge in [-0.05, 0) is 69.4 Å². The molecule has 0 spiro atoms. The average molecular weight is 388 g/mol. The molecule has 0 radical (unpaired) electrons. The summed E-state index contributed by atoms with van der Waals surface area (Å²) in [6.07, 6.45) is 7.45. The Morgan fingerprint density at radius 2 is 1.48 bits per heavy atom. The number of rotatable bonds is 12. The van der Waals surface area contributed by atoms with Gasteiger partial charge in [-0.25, -0.2) is 0 Å². The minimum atomic E-state index is 0. The normalized spacial score (nSPS) is 10.5. The number of hydrogen-bond donors (Lipinski definition) is 0. The van der Waals surface area contributed by atoms with E-state index in [4.69, 9.17) is 9.47 Å². The first-order valence-corrected chi connectivity index (χ1v) is 8.68. The highest BCUT2D eigenvalue weighted by Crippen LogP contribution is 2.28. The first-order valence-electron chi connectivity index (χ1n) is 8.68. The molecule has 0 unspecified atom stereocenters. The number of methoxy groups -OCH3 is 2. The van der Waals surface area contributed by atoms with Crippen LogP contribution in [0, 0.1) is 0 Å². The van der Waals surface area contributed by atoms with Gasteiger partial charge in [0.05, 0.1) is 14.2 Å². The lowest BCUT2D eigenvalue weighted by molar-refractivity contribution is 0.268. The summed E-state index contributed by atoms with van der Waals surface area (Å²) in [5, 5.41) is 0. The lowest BCUT2D eigenvalue weighted by Crippen LogP contribution is -2.26. The van der Waals surface area contributed by atoms with Crippen molar-refractivity contribution < 1.29 is 9.47 Å². The second kappa shape index (κ2) is 13.7. The second-order valence-corrected chi connectivity index (χ2v) is 5.84. The molecule has 134 valence electrons. The van der Waals surface area contributed by atoms with Gasteiger partial charge in [0.25, 0.3) is 0 Å². The van der Waals surface area contributed by atoms with Crippen LogP contribution in [0.3, 0.4) is 0 Å². The van der Waals surface area contributed by atoms with Crippen molar-refractivity contribution in [3.63, 3.8) is 0 Å². The first kappa shape index (κ1) is 22.3. The molecule has 0 fully saturated rings. The smallest absolute Gasteiger partial charge is 0.160 e. The zero-order valence-corrected chi connectivity index (χ0v) is 17.0. The lowest BCUT2D eigenvalue weighted by Gasteiger charge is -2.20. The van der Waals surface area contributed by atoms with Gasteiger partial charge in [-0.3, -0.25) is 0 Å². The van der Waals surface area contributed by atoms with Crippen LogP contribution in [0.4, 0.5) is 0 Å². The minimum Gasteiger partial charge on any atom is -0.493 e. The Hall–Kier alpha value is -0.740. The molecule has 0 aliphatic rings. The fraction of sp³-hybridized carbons (Fsp3) is 0.684. The summed E-state index contributed by atoms with van der Waals surface area (Å²) < 4.78 is 10.6. The number of unbranched alkanes of at least 4 members (excludes halogenated alkanes) is 2. The van der Waals surface area contributed by atoms with Crippen LogP contribution in [0.2, 0.25) is 0 Å². The third kappa shape index (κ3) is 8.61. The Labute approximate surface area is 153 Å². The summed E-state index contributed by atoms with van der Waals surface area (Å²) in [4.78, 5) is 2.59. The zero-order chi connectivity index (χ0) is 16.2. The molecule has 0 aliphatic heterocycles. The van der Waals surface area contributed by atoms with Crippen LogP contribution in [-0.2, 0) is 6.42 Å². The summed E-state index contributed by atoms with van der Waals surface area (Å²) >= 11 is 0. The molecule has 0 N–H and O–H groups in total. The van der Waals surface area contributed by atoms with Crippen molar-refractivity contribution in [2.75, 3.05) is 33.9 Å². The Kier molecular flexibility index (Phi) is 13.2. The van der Waals surface area contributed by atoms with Crippen LogP contribution in [0.25, 0.3) is 0 Å². The monoisotopic (exact) mass is 387 g/mol. The van der Waals surface area contributed by atoms with Crippen molar-refractivity contribution in [3.8, 4) is 11.5 Å². The van der Waals surface area contributed by atoms with Crippen molar-refractivity contribution in [1.82, 2.24) is 4.90 Å². The number of hydrogen-bond acceptors (Lipinski definition) is 3. The number of benzene rings is 1. The number of nitrogens with zero attached hydrogens (tertiary/aromatic N) is 1. The van der Waals surface area contributed by atoms with Gasteiger partial charge in [-0.1, -0.05) is 26.3 Å². The summed E-state index contributed by atoms with van der Waals surface area (Å²) in [6, 6.07) is 6.24. The van der Waals surface area contributed by atoms with Crippen LogP contribution in [0.5, 0.6) is 11.5 Å². The molecule has 0 aliphatic carbocycles. The maximum atomic E-state index is 5.36. The quantitative estimate of drug-likeness (QED) is 0.464. The zero-order valence-electron chi connectivity index (χ0n) is 15.3. The van der Waals surface area contributed by atoms with Crippen LogP contribution in [-0.4, -0.2) is 38.8 Å². The molecule has 0 bridgehead atoms. The Balaban J connectivity index is 0.00000484. The minimum absolute atomic E-state index is 0. The topological polar surface area (TPSA) is 21.7 Å². The summed E-state index contributed by atoms with van der Waals surface area (Å²) in [5.74, 6) is 1.64. The molecule has 0 amide bonds. The molecule has 0 atom stereocenters. The van der Waals surface area contributed by atoms with E-state index in [1.807, 2.05) is 6.07 Å². The van der Waals surface area contributed by atoms with Crippen LogP contribution < -0.4 is 9.47 Å². The highest BCUT2D eigenvalue weighted by atomic mass is 79.9.